The smallest absolute Gasteiger partial charge is 0.187 e. The Hall–Kier alpha value is -2.42. The first-order valence-corrected chi connectivity index (χ1v) is 6.51. The quantitative estimate of drug-likeness (QED) is 0.651. The molecule has 0 bridgehead atoms. The van der Waals surface area contributed by atoms with Crippen LogP contribution in [0.5, 0.6) is 0 Å². The van der Waals surface area contributed by atoms with Gasteiger partial charge in [-0.1, -0.05) is 31.2 Å². The van der Waals surface area contributed by atoms with Gasteiger partial charge in [-0.25, -0.2) is 4.39 Å². The summed E-state index contributed by atoms with van der Waals surface area (Å²) in [5.74, 6) is -0.353. The second-order valence-corrected chi connectivity index (χ2v) is 4.40. The van der Waals surface area contributed by atoms with Crippen molar-refractivity contribution in [3.63, 3.8) is 0 Å². The number of benzene rings is 2. The molecule has 20 heavy (non-hydrogen) atoms. The van der Waals surface area contributed by atoms with Gasteiger partial charge >= 0.3 is 0 Å². The number of hydrogen-bond donors (Lipinski definition) is 1. The molecule has 0 aliphatic heterocycles. The van der Waals surface area contributed by atoms with Crippen molar-refractivity contribution >= 4 is 11.5 Å². The van der Waals surface area contributed by atoms with E-state index in [0.717, 1.165) is 12.1 Å². The zero-order valence-corrected chi connectivity index (χ0v) is 11.3. The minimum Gasteiger partial charge on any atom is -0.362 e. The summed E-state index contributed by atoms with van der Waals surface area (Å²) in [6.07, 6.45) is 3.98. The Morgan fingerprint density at radius 1 is 1.10 bits per heavy atom. The van der Waals surface area contributed by atoms with Crippen LogP contribution in [0.2, 0.25) is 0 Å². The van der Waals surface area contributed by atoms with Crippen molar-refractivity contribution in [1.82, 2.24) is 0 Å². The standard InChI is InChI=1S/C17H16FNO/c1-2-13-3-5-14(6-4-13)17(20)11-12-19-16-9-7-15(18)8-10-16/h3-12,19H,2H2,1H3/b12-11+. The third-order valence-corrected chi connectivity index (χ3v) is 2.98. The lowest BCUT2D eigenvalue weighted by Crippen LogP contribution is -1.96. The molecule has 0 radical (unpaired) electrons. The Morgan fingerprint density at radius 3 is 2.35 bits per heavy atom. The van der Waals surface area contributed by atoms with Gasteiger partial charge in [-0.15, -0.1) is 0 Å². The molecule has 0 saturated carbocycles. The van der Waals surface area contributed by atoms with E-state index >= 15 is 0 Å². The molecular formula is C17H16FNO. The number of aryl methyl sites for hydroxylation is 1. The largest absolute Gasteiger partial charge is 0.362 e. The fourth-order valence-corrected chi connectivity index (χ4v) is 1.76. The maximum atomic E-state index is 12.7. The molecule has 0 unspecified atom stereocenters. The molecule has 0 amide bonds. The number of carbonyl (C=O) groups is 1. The number of carbonyl (C=O) groups excluding carboxylic acids is 1. The average Bonchev–Trinajstić information content (AvgIpc) is 2.49. The predicted molar refractivity (Wildman–Crippen MR) is 79.3 cm³/mol. The molecule has 3 heteroatoms. The van der Waals surface area contributed by atoms with E-state index in [1.165, 1.54) is 23.8 Å². The van der Waals surface area contributed by atoms with Gasteiger partial charge in [0.25, 0.3) is 0 Å². The molecule has 2 rings (SSSR count). The summed E-state index contributed by atoms with van der Waals surface area (Å²) in [5.41, 5.74) is 2.59. The predicted octanol–water partition coefficient (Wildman–Crippen LogP) is 4.20. The second-order valence-electron chi connectivity index (χ2n) is 4.40. The molecule has 0 atom stereocenters. The molecule has 2 aromatic carbocycles. The minimum absolute atomic E-state index is 0.0673. The van der Waals surface area contributed by atoms with Crippen molar-refractivity contribution in [2.24, 2.45) is 0 Å². The number of rotatable bonds is 5. The van der Waals surface area contributed by atoms with Crippen molar-refractivity contribution in [3.8, 4) is 0 Å². The summed E-state index contributed by atoms with van der Waals surface area (Å²) >= 11 is 0. The first kappa shape index (κ1) is 14.0. The molecule has 1 N–H and O–H groups in total. The number of allylic oxidation sites excluding steroid dienone is 1. The van der Waals surface area contributed by atoms with Crippen LogP contribution >= 0.6 is 0 Å². The van der Waals surface area contributed by atoms with E-state index in [-0.39, 0.29) is 11.6 Å². The SMILES string of the molecule is CCc1ccc(C(=O)/C=C/Nc2ccc(F)cc2)cc1. The summed E-state index contributed by atoms with van der Waals surface area (Å²) in [5, 5.41) is 2.93. The fourth-order valence-electron chi connectivity index (χ4n) is 1.76. The van der Waals surface area contributed by atoms with Crippen LogP contribution in [0.15, 0.2) is 60.8 Å². The molecule has 0 spiro atoms. The van der Waals surface area contributed by atoms with Gasteiger partial charge in [0.1, 0.15) is 5.82 Å². The molecular weight excluding hydrogens is 253 g/mol. The number of nitrogens with one attached hydrogen (secondary N) is 1. The highest BCUT2D eigenvalue weighted by atomic mass is 19.1. The van der Waals surface area contributed by atoms with Crippen molar-refractivity contribution in [3.05, 3.63) is 77.8 Å². The van der Waals surface area contributed by atoms with Crippen molar-refractivity contribution < 1.29 is 9.18 Å². The Kier molecular flexibility index (Phi) is 4.66. The van der Waals surface area contributed by atoms with E-state index in [9.17, 15) is 9.18 Å². The summed E-state index contributed by atoms with van der Waals surface area (Å²) in [6.45, 7) is 2.07. The van der Waals surface area contributed by atoms with Crippen molar-refractivity contribution in [1.29, 1.82) is 0 Å². The van der Waals surface area contributed by atoms with Crippen LogP contribution < -0.4 is 5.32 Å². The first-order chi connectivity index (χ1) is 9.69. The number of hydrogen-bond acceptors (Lipinski definition) is 2. The van der Waals surface area contributed by atoms with Gasteiger partial charge in [-0.3, -0.25) is 4.79 Å². The second kappa shape index (κ2) is 6.66. The van der Waals surface area contributed by atoms with Crippen LogP contribution in [-0.4, -0.2) is 5.78 Å². The van der Waals surface area contributed by atoms with Crippen molar-refractivity contribution in [2.45, 2.75) is 13.3 Å². The van der Waals surface area contributed by atoms with E-state index < -0.39 is 0 Å². The Morgan fingerprint density at radius 2 is 1.75 bits per heavy atom. The van der Waals surface area contributed by atoms with E-state index in [2.05, 4.69) is 12.2 Å². The van der Waals surface area contributed by atoms with Crippen LogP contribution in [-0.2, 0) is 6.42 Å². The Balaban J connectivity index is 1.96. The maximum absolute atomic E-state index is 12.7. The Labute approximate surface area is 118 Å². The van der Waals surface area contributed by atoms with Gasteiger partial charge in [0.15, 0.2) is 5.78 Å². The monoisotopic (exact) mass is 269 g/mol. The summed E-state index contributed by atoms with van der Waals surface area (Å²) in [7, 11) is 0. The summed E-state index contributed by atoms with van der Waals surface area (Å²) in [4.78, 5) is 11.9. The summed E-state index contributed by atoms with van der Waals surface area (Å²) < 4.78 is 12.7. The van der Waals surface area contributed by atoms with Gasteiger partial charge in [-0.05, 0) is 36.2 Å². The normalized spacial score (nSPS) is 10.7. The number of ketones is 1. The lowest BCUT2D eigenvalue weighted by molar-refractivity contribution is 0.104. The molecule has 0 aliphatic carbocycles. The minimum atomic E-state index is -0.286. The molecule has 0 aliphatic rings. The zero-order chi connectivity index (χ0) is 14.4. The van der Waals surface area contributed by atoms with E-state index in [1.54, 1.807) is 18.3 Å². The molecule has 0 aromatic heterocycles. The molecule has 2 aromatic rings. The molecule has 102 valence electrons. The van der Waals surface area contributed by atoms with E-state index in [1.807, 2.05) is 24.3 Å². The molecule has 0 fully saturated rings. The zero-order valence-electron chi connectivity index (χ0n) is 11.3. The van der Waals surface area contributed by atoms with Gasteiger partial charge in [0.05, 0.1) is 0 Å². The highest BCUT2D eigenvalue weighted by Gasteiger charge is 2.00. The summed E-state index contributed by atoms with van der Waals surface area (Å²) in [6, 6.07) is 13.5. The van der Waals surface area contributed by atoms with E-state index in [0.29, 0.717) is 5.56 Å². The van der Waals surface area contributed by atoms with Gasteiger partial charge in [-0.2, -0.15) is 0 Å². The molecule has 2 nitrogen and oxygen atoms in total. The fraction of sp³-hybridized carbons (Fsp3) is 0.118. The van der Waals surface area contributed by atoms with Gasteiger partial charge in [0, 0.05) is 23.5 Å². The average molecular weight is 269 g/mol. The van der Waals surface area contributed by atoms with Crippen LogP contribution in [0.4, 0.5) is 10.1 Å². The van der Waals surface area contributed by atoms with Crippen LogP contribution in [0.25, 0.3) is 0 Å². The van der Waals surface area contributed by atoms with Crippen LogP contribution in [0.3, 0.4) is 0 Å². The Bertz CT molecular complexity index is 600. The van der Waals surface area contributed by atoms with Crippen LogP contribution in [0.1, 0.15) is 22.8 Å². The first-order valence-electron chi connectivity index (χ1n) is 6.51. The molecule has 0 saturated heterocycles. The maximum Gasteiger partial charge on any atom is 0.187 e. The number of halogens is 1. The topological polar surface area (TPSA) is 29.1 Å². The molecule has 0 heterocycles. The third kappa shape index (κ3) is 3.79. The number of anilines is 1. The lowest BCUT2D eigenvalue weighted by Gasteiger charge is -2.01. The van der Waals surface area contributed by atoms with Gasteiger partial charge < -0.3 is 5.32 Å². The van der Waals surface area contributed by atoms with Crippen LogP contribution in [0, 0.1) is 5.82 Å². The van der Waals surface area contributed by atoms with Crippen molar-refractivity contribution in [2.75, 3.05) is 5.32 Å². The van der Waals surface area contributed by atoms with Gasteiger partial charge in [0.2, 0.25) is 0 Å². The van der Waals surface area contributed by atoms with E-state index in [4.69, 9.17) is 0 Å². The highest BCUT2D eigenvalue weighted by Crippen LogP contribution is 2.09. The lowest BCUT2D eigenvalue weighted by atomic mass is 10.1. The highest BCUT2D eigenvalue weighted by molar-refractivity contribution is 6.04. The third-order valence-electron chi connectivity index (χ3n) is 2.98.